The molecule has 0 aromatic heterocycles. The standard InChI is InChI=1S/2C9H20N.C2N2.CH4.BF2.2ClH.2K.H2O/c2*1-3-4-7-10(2)8-5-6-9-10;3-1-2-4;;2-1-3;;;;;/h2*3-9H2,1-2H3;;1H4;;2*1H;;;1H2/q2*+1;;;-1;;;2*+1;/p-2. The summed E-state index contributed by atoms with van der Waals surface area (Å²) in [5, 5.41) is 14.5. The van der Waals surface area contributed by atoms with Crippen LogP contribution in [0.25, 0.3) is 0 Å². The van der Waals surface area contributed by atoms with Gasteiger partial charge in [-0.05, 0) is 12.8 Å². The minimum absolute atomic E-state index is 0. The normalized spacial score (nSPS) is 15.0. The van der Waals surface area contributed by atoms with Gasteiger partial charge in [0.05, 0.1) is 53.4 Å². The van der Waals surface area contributed by atoms with Crippen LogP contribution in [0, 0.1) is 22.7 Å². The van der Waals surface area contributed by atoms with Gasteiger partial charge in [-0.25, -0.2) is 0 Å². The molecular weight excluding hydrogens is 522 g/mol. The number of hydrogen-bond donors (Lipinski definition) is 0. The van der Waals surface area contributed by atoms with Gasteiger partial charge < -0.3 is 47.9 Å². The van der Waals surface area contributed by atoms with Gasteiger partial charge in [-0.3, -0.25) is 0 Å². The molecule has 2 saturated heterocycles. The molecule has 2 heterocycles. The molecule has 0 aliphatic carbocycles. The molecule has 188 valence electrons. The van der Waals surface area contributed by atoms with Crippen molar-refractivity contribution in [2.75, 3.05) is 53.4 Å². The van der Waals surface area contributed by atoms with E-state index >= 15 is 0 Å². The van der Waals surface area contributed by atoms with E-state index in [1.165, 1.54) is 112 Å². The molecule has 0 atom stereocenters. The largest absolute Gasteiger partial charge is 1.00 e. The first-order valence-corrected chi connectivity index (χ1v) is 10.3. The molecule has 2 aliphatic rings. The second-order valence-corrected chi connectivity index (χ2v) is 8.01. The molecule has 2 aliphatic heterocycles. The van der Waals surface area contributed by atoms with Crippen LogP contribution in [0.1, 0.15) is 72.6 Å². The number of rotatable bonds is 6. The Balaban J connectivity index is -0.0000000433. The van der Waals surface area contributed by atoms with Crippen molar-refractivity contribution in [3.63, 3.8) is 0 Å². The van der Waals surface area contributed by atoms with E-state index in [4.69, 9.17) is 10.5 Å². The summed E-state index contributed by atoms with van der Waals surface area (Å²) in [5.74, 6) is 0. The van der Waals surface area contributed by atoms with Gasteiger partial charge in [0.15, 0.2) is 12.1 Å². The fourth-order valence-electron chi connectivity index (χ4n) is 3.72. The topological polar surface area (TPSA) is 79.1 Å². The SMILES string of the molecule is C.CCCC[N+]1(C)CCCC1.CCCC[N+]1(C)CCCC1.F[B-]F.N#CC#N.O.[Cl-].[Cl-].[K+].[K+]. The second kappa shape index (κ2) is 39.2. The number of unbranched alkanes of at least 4 members (excludes halogenated alkanes) is 2. The van der Waals surface area contributed by atoms with Crippen LogP contribution in [0.4, 0.5) is 8.63 Å². The van der Waals surface area contributed by atoms with E-state index in [-0.39, 0.29) is 140 Å². The minimum atomic E-state index is -1.00. The summed E-state index contributed by atoms with van der Waals surface area (Å²) < 4.78 is 21.7. The Kier molecular flexibility index (Phi) is 66.4. The Hall–Kier alpha value is 2.64. The van der Waals surface area contributed by atoms with E-state index in [0.29, 0.717) is 0 Å². The van der Waals surface area contributed by atoms with Gasteiger partial charge in [0.25, 0.3) is 0 Å². The molecule has 0 spiro atoms. The summed E-state index contributed by atoms with van der Waals surface area (Å²) in [7, 11) is 3.81. The molecule has 0 bridgehead atoms. The van der Waals surface area contributed by atoms with E-state index in [9.17, 15) is 8.63 Å². The van der Waals surface area contributed by atoms with Crippen molar-refractivity contribution in [1.29, 1.82) is 10.5 Å². The molecule has 33 heavy (non-hydrogen) atoms. The first-order chi connectivity index (χ1) is 12.9. The van der Waals surface area contributed by atoms with Crippen molar-refractivity contribution < 1.29 is 151 Å². The number of likely N-dealkylation sites (tertiary alicyclic amines) is 2. The third kappa shape index (κ3) is 36.9. The Labute approximate surface area is 302 Å². The second-order valence-electron chi connectivity index (χ2n) is 8.01. The molecule has 0 aromatic rings. The van der Waals surface area contributed by atoms with Gasteiger partial charge in [-0.2, -0.15) is 10.5 Å². The first-order valence-electron chi connectivity index (χ1n) is 10.3. The van der Waals surface area contributed by atoms with Crippen molar-refractivity contribution in [2.24, 2.45) is 0 Å². The third-order valence-electron chi connectivity index (χ3n) is 5.44. The van der Waals surface area contributed by atoms with Crippen molar-refractivity contribution in [3.05, 3.63) is 0 Å². The summed E-state index contributed by atoms with van der Waals surface area (Å²) >= 11 is 0. The van der Waals surface area contributed by atoms with Crippen LogP contribution < -0.4 is 128 Å². The molecule has 5 nitrogen and oxygen atoms in total. The number of nitrogens with zero attached hydrogens (tertiary/aromatic N) is 4. The van der Waals surface area contributed by atoms with E-state index < -0.39 is 7.83 Å². The zero-order valence-corrected chi connectivity index (χ0v) is 29.0. The molecule has 2 fully saturated rings. The number of nitriles is 2. The Morgan fingerprint density at radius 3 is 1.09 bits per heavy atom. The maximum atomic E-state index is 9.50. The van der Waals surface area contributed by atoms with Gasteiger partial charge in [0.2, 0.25) is 0 Å². The average Bonchev–Trinajstić information content (AvgIpc) is 3.29. The average molecular weight is 569 g/mol. The molecule has 2 N–H and O–H groups in total. The van der Waals surface area contributed by atoms with Crippen molar-refractivity contribution in [2.45, 2.75) is 72.6 Å². The summed E-state index contributed by atoms with van der Waals surface area (Å²) in [6, 6.07) is 2.47. The molecule has 0 unspecified atom stereocenters. The van der Waals surface area contributed by atoms with Crippen LogP contribution in [-0.4, -0.2) is 75.6 Å². The molecule has 2 rings (SSSR count). The van der Waals surface area contributed by atoms with Crippen LogP contribution >= 0.6 is 0 Å². The third-order valence-corrected chi connectivity index (χ3v) is 5.44. The summed E-state index contributed by atoms with van der Waals surface area (Å²) in [4.78, 5) is 0. The fourth-order valence-corrected chi connectivity index (χ4v) is 3.72. The number of hydrogen-bond acceptors (Lipinski definition) is 2. The van der Waals surface area contributed by atoms with Crippen molar-refractivity contribution in [3.8, 4) is 12.1 Å². The van der Waals surface area contributed by atoms with Crippen LogP contribution in [0.3, 0.4) is 0 Å². The fraction of sp³-hybridized carbons (Fsp3) is 0.905. The Bertz CT molecular complexity index is 399. The first kappa shape index (κ1) is 56.0. The van der Waals surface area contributed by atoms with E-state index in [0.717, 1.165) is 0 Å². The quantitative estimate of drug-likeness (QED) is 0.236. The van der Waals surface area contributed by atoms with Gasteiger partial charge in [0.1, 0.15) is 7.83 Å². The maximum Gasteiger partial charge on any atom is 1.00 e. The summed E-state index contributed by atoms with van der Waals surface area (Å²) in [6.07, 6.45) is 11.4. The predicted molar refractivity (Wildman–Crippen MR) is 119 cm³/mol. The maximum absolute atomic E-state index is 9.50. The predicted octanol–water partition coefficient (Wildman–Crippen LogP) is -7.63. The van der Waals surface area contributed by atoms with E-state index in [1.54, 1.807) is 0 Å². The van der Waals surface area contributed by atoms with Gasteiger partial charge >= 0.3 is 103 Å². The van der Waals surface area contributed by atoms with E-state index in [1.807, 2.05) is 0 Å². The Morgan fingerprint density at radius 2 is 0.939 bits per heavy atom. The Morgan fingerprint density at radius 1 is 0.727 bits per heavy atom. The molecular formula is C21H46BCl2F2K2N4O+. The van der Waals surface area contributed by atoms with Crippen LogP contribution in [0.2, 0.25) is 0 Å². The molecule has 0 aromatic carbocycles. The van der Waals surface area contributed by atoms with Crippen molar-refractivity contribution >= 4 is 7.83 Å². The van der Waals surface area contributed by atoms with Crippen molar-refractivity contribution in [1.82, 2.24) is 0 Å². The summed E-state index contributed by atoms with van der Waals surface area (Å²) in [6.45, 7) is 13.1. The zero-order chi connectivity index (χ0) is 21.0. The van der Waals surface area contributed by atoms with Gasteiger partial charge in [-0.1, -0.05) is 34.1 Å². The number of halogens is 4. The molecule has 0 saturated carbocycles. The molecule has 12 heteroatoms. The molecule has 2 radical (unpaired) electrons. The number of quaternary nitrogens is 2. The smallest absolute Gasteiger partial charge is 1.00 e. The van der Waals surface area contributed by atoms with Crippen LogP contribution in [-0.2, 0) is 0 Å². The summed E-state index contributed by atoms with van der Waals surface area (Å²) in [5.41, 5.74) is 0. The zero-order valence-electron chi connectivity index (χ0n) is 21.3. The molecule has 0 amide bonds. The van der Waals surface area contributed by atoms with Gasteiger partial charge in [-0.15, -0.1) is 0 Å². The van der Waals surface area contributed by atoms with Crippen LogP contribution in [0.15, 0.2) is 0 Å². The monoisotopic (exact) mass is 567 g/mol. The van der Waals surface area contributed by atoms with E-state index in [2.05, 4.69) is 27.9 Å². The van der Waals surface area contributed by atoms with Gasteiger partial charge in [0, 0.05) is 25.7 Å². The minimum Gasteiger partial charge on any atom is -1.00 e. The van der Waals surface area contributed by atoms with Crippen LogP contribution in [0.5, 0.6) is 0 Å².